The summed E-state index contributed by atoms with van der Waals surface area (Å²) in [6.45, 7) is 2.73. The van der Waals surface area contributed by atoms with Crippen molar-refractivity contribution >= 4 is 28.4 Å². The molecule has 142 valence electrons. The molecular formula is C24H18ClN3O. The highest BCUT2D eigenvalue weighted by atomic mass is 35.5. The third-order valence-corrected chi connectivity index (χ3v) is 5.50. The lowest BCUT2D eigenvalue weighted by Gasteiger charge is -2.09. The summed E-state index contributed by atoms with van der Waals surface area (Å²) in [5, 5.41) is 0.616. The summed E-state index contributed by atoms with van der Waals surface area (Å²) in [4.78, 5) is 18.0. The zero-order valence-electron chi connectivity index (χ0n) is 15.8. The molecular weight excluding hydrogens is 382 g/mol. The third kappa shape index (κ3) is 3.02. The molecule has 0 bridgehead atoms. The number of hydrogen-bond donors (Lipinski definition) is 0. The molecule has 0 saturated heterocycles. The van der Waals surface area contributed by atoms with Crippen molar-refractivity contribution in [3.8, 4) is 11.3 Å². The minimum absolute atomic E-state index is 0.107. The zero-order chi connectivity index (χ0) is 20.0. The van der Waals surface area contributed by atoms with Gasteiger partial charge in [-0.1, -0.05) is 60.1 Å². The van der Waals surface area contributed by atoms with Crippen LogP contribution in [0.1, 0.15) is 11.1 Å². The Morgan fingerprint density at radius 1 is 0.897 bits per heavy atom. The standard InChI is InChI=1S/C24H18ClN3O/c1-16-7-2-3-8-18(16)15-27-21-11-4-5-12-22(21)28-23(29)14-20(26-24(27)28)17-9-6-10-19(25)13-17/h2-14H,15H2,1H3. The maximum atomic E-state index is 13.1. The van der Waals surface area contributed by atoms with Crippen molar-refractivity contribution in [1.29, 1.82) is 0 Å². The van der Waals surface area contributed by atoms with Crippen molar-refractivity contribution in [1.82, 2.24) is 14.0 Å². The first-order valence-corrected chi connectivity index (χ1v) is 9.81. The first-order chi connectivity index (χ1) is 14.1. The van der Waals surface area contributed by atoms with Crippen molar-refractivity contribution < 1.29 is 0 Å². The Morgan fingerprint density at radius 2 is 1.66 bits per heavy atom. The molecule has 0 fully saturated rings. The van der Waals surface area contributed by atoms with Crippen molar-refractivity contribution in [3.63, 3.8) is 0 Å². The molecule has 5 heteroatoms. The first kappa shape index (κ1) is 17.7. The van der Waals surface area contributed by atoms with Gasteiger partial charge in [0.2, 0.25) is 5.78 Å². The van der Waals surface area contributed by atoms with E-state index in [2.05, 4.69) is 23.6 Å². The SMILES string of the molecule is Cc1ccccc1Cn1c2ccccc2n2c(=O)cc(-c3cccc(Cl)c3)nc12. The predicted molar refractivity (Wildman–Crippen MR) is 118 cm³/mol. The number of hydrogen-bond acceptors (Lipinski definition) is 2. The largest absolute Gasteiger partial charge is 0.305 e. The van der Waals surface area contributed by atoms with Crippen LogP contribution in [0.25, 0.3) is 28.1 Å². The molecule has 0 unspecified atom stereocenters. The molecule has 0 aliphatic heterocycles. The monoisotopic (exact) mass is 399 g/mol. The van der Waals surface area contributed by atoms with E-state index in [1.165, 1.54) is 11.1 Å². The van der Waals surface area contributed by atoms with E-state index in [1.54, 1.807) is 10.5 Å². The molecule has 29 heavy (non-hydrogen) atoms. The first-order valence-electron chi connectivity index (χ1n) is 9.43. The number of halogens is 1. The molecule has 0 amide bonds. The summed E-state index contributed by atoms with van der Waals surface area (Å²) in [6, 6.07) is 25.2. The van der Waals surface area contributed by atoms with Crippen LogP contribution in [-0.2, 0) is 6.54 Å². The van der Waals surface area contributed by atoms with Crippen LogP contribution in [0, 0.1) is 6.92 Å². The average molecular weight is 400 g/mol. The summed E-state index contributed by atoms with van der Waals surface area (Å²) in [5.41, 5.74) is 5.56. The summed E-state index contributed by atoms with van der Waals surface area (Å²) in [7, 11) is 0. The molecule has 0 spiro atoms. The molecule has 4 nitrogen and oxygen atoms in total. The molecule has 5 aromatic rings. The highest BCUT2D eigenvalue weighted by Crippen LogP contribution is 2.24. The molecule has 3 aromatic carbocycles. The van der Waals surface area contributed by atoms with Gasteiger partial charge in [0.1, 0.15) is 0 Å². The molecule has 0 radical (unpaired) electrons. The summed E-state index contributed by atoms with van der Waals surface area (Å²) in [6.07, 6.45) is 0. The number of para-hydroxylation sites is 2. The Hall–Kier alpha value is -3.37. The second kappa shape index (κ2) is 6.90. The molecule has 0 N–H and O–H groups in total. The third-order valence-electron chi connectivity index (χ3n) is 5.27. The minimum atomic E-state index is -0.107. The van der Waals surface area contributed by atoms with Gasteiger partial charge >= 0.3 is 0 Å². The Bertz CT molecular complexity index is 1430. The molecule has 0 atom stereocenters. The van der Waals surface area contributed by atoms with Gasteiger partial charge in [0.05, 0.1) is 23.3 Å². The number of aryl methyl sites for hydroxylation is 1. The topological polar surface area (TPSA) is 39.3 Å². The van der Waals surface area contributed by atoms with Crippen LogP contribution >= 0.6 is 11.6 Å². The van der Waals surface area contributed by atoms with Gasteiger partial charge < -0.3 is 4.57 Å². The van der Waals surface area contributed by atoms with E-state index >= 15 is 0 Å². The van der Waals surface area contributed by atoms with Crippen LogP contribution in [0.5, 0.6) is 0 Å². The Kier molecular flexibility index (Phi) is 4.22. The quantitative estimate of drug-likeness (QED) is 0.411. The maximum absolute atomic E-state index is 13.1. The van der Waals surface area contributed by atoms with E-state index < -0.39 is 0 Å². The van der Waals surface area contributed by atoms with Gasteiger partial charge in [-0.2, -0.15) is 0 Å². The molecule has 0 aliphatic carbocycles. The van der Waals surface area contributed by atoms with Gasteiger partial charge in [-0.05, 0) is 42.3 Å². The van der Waals surface area contributed by atoms with Crippen LogP contribution < -0.4 is 5.56 Å². The number of aromatic nitrogens is 3. The van der Waals surface area contributed by atoms with E-state index in [0.717, 1.165) is 16.6 Å². The Morgan fingerprint density at radius 3 is 2.45 bits per heavy atom. The maximum Gasteiger partial charge on any atom is 0.260 e. The molecule has 0 aliphatic rings. The average Bonchev–Trinajstić information content (AvgIpc) is 3.04. The highest BCUT2D eigenvalue weighted by molar-refractivity contribution is 6.30. The van der Waals surface area contributed by atoms with Crippen LogP contribution in [0.15, 0.2) is 83.7 Å². The minimum Gasteiger partial charge on any atom is -0.305 e. The van der Waals surface area contributed by atoms with Crippen LogP contribution in [0.2, 0.25) is 5.02 Å². The van der Waals surface area contributed by atoms with E-state index in [-0.39, 0.29) is 5.56 Å². The summed E-state index contributed by atoms with van der Waals surface area (Å²) < 4.78 is 3.79. The van der Waals surface area contributed by atoms with Crippen molar-refractivity contribution in [3.05, 3.63) is 105 Å². The fraction of sp³-hybridized carbons (Fsp3) is 0.0833. The molecule has 0 saturated carbocycles. The fourth-order valence-electron chi connectivity index (χ4n) is 3.78. The normalized spacial score (nSPS) is 11.4. The smallest absolute Gasteiger partial charge is 0.260 e. The molecule has 2 aromatic heterocycles. The van der Waals surface area contributed by atoms with Gasteiger partial charge in [-0.15, -0.1) is 0 Å². The van der Waals surface area contributed by atoms with Gasteiger partial charge in [0.25, 0.3) is 5.56 Å². The fourth-order valence-corrected chi connectivity index (χ4v) is 3.97. The van der Waals surface area contributed by atoms with Gasteiger partial charge in [0.15, 0.2) is 0 Å². The zero-order valence-corrected chi connectivity index (χ0v) is 16.6. The van der Waals surface area contributed by atoms with Gasteiger partial charge in [-0.25, -0.2) is 9.38 Å². The number of nitrogens with zero attached hydrogens (tertiary/aromatic N) is 3. The number of benzene rings is 3. The van der Waals surface area contributed by atoms with Crippen LogP contribution in [-0.4, -0.2) is 14.0 Å². The van der Waals surface area contributed by atoms with Crippen molar-refractivity contribution in [2.45, 2.75) is 13.5 Å². The second-order valence-corrected chi connectivity index (χ2v) is 7.56. The number of fused-ring (bicyclic) bond motifs is 3. The Balaban J connectivity index is 1.82. The lowest BCUT2D eigenvalue weighted by Crippen LogP contribution is -2.15. The lowest BCUT2D eigenvalue weighted by atomic mass is 10.1. The van der Waals surface area contributed by atoms with E-state index in [1.807, 2.05) is 60.7 Å². The second-order valence-electron chi connectivity index (χ2n) is 7.13. The van der Waals surface area contributed by atoms with Gasteiger partial charge in [-0.3, -0.25) is 4.79 Å². The van der Waals surface area contributed by atoms with Crippen molar-refractivity contribution in [2.24, 2.45) is 0 Å². The van der Waals surface area contributed by atoms with E-state index in [0.29, 0.717) is 23.0 Å². The summed E-state index contributed by atoms with van der Waals surface area (Å²) >= 11 is 6.16. The summed E-state index contributed by atoms with van der Waals surface area (Å²) in [5.74, 6) is 0.622. The van der Waals surface area contributed by atoms with Crippen LogP contribution in [0.4, 0.5) is 0 Å². The van der Waals surface area contributed by atoms with E-state index in [4.69, 9.17) is 16.6 Å². The van der Waals surface area contributed by atoms with E-state index in [9.17, 15) is 4.79 Å². The lowest BCUT2D eigenvalue weighted by molar-refractivity contribution is 0.828. The Labute approximate surface area is 172 Å². The molecule has 2 heterocycles. The molecule has 5 rings (SSSR count). The van der Waals surface area contributed by atoms with Crippen LogP contribution in [0.3, 0.4) is 0 Å². The number of imidazole rings is 1. The van der Waals surface area contributed by atoms with Crippen molar-refractivity contribution in [2.75, 3.05) is 0 Å². The predicted octanol–water partition coefficient (Wildman–Crippen LogP) is 5.33. The highest BCUT2D eigenvalue weighted by Gasteiger charge is 2.16. The van der Waals surface area contributed by atoms with Gasteiger partial charge in [0, 0.05) is 16.7 Å². The number of rotatable bonds is 3.